The lowest BCUT2D eigenvalue weighted by molar-refractivity contribution is 0.0872. The van der Waals surface area contributed by atoms with Gasteiger partial charge in [0.25, 0.3) is 0 Å². The van der Waals surface area contributed by atoms with Crippen LogP contribution in [0.3, 0.4) is 0 Å². The first-order valence-electron chi connectivity index (χ1n) is 6.77. The lowest BCUT2D eigenvalue weighted by Crippen LogP contribution is -2.51. The zero-order valence-corrected chi connectivity index (χ0v) is 12.8. The molecule has 2 aliphatic rings. The monoisotopic (exact) mass is 349 g/mol. The molecule has 0 aromatic heterocycles. The van der Waals surface area contributed by atoms with Crippen molar-refractivity contribution in [3.63, 3.8) is 0 Å². The number of nitrogens with zero attached hydrogens (tertiary/aromatic N) is 3. The summed E-state index contributed by atoms with van der Waals surface area (Å²) < 4.78 is 2.41. The second-order valence-electron chi connectivity index (χ2n) is 5.10. The highest BCUT2D eigenvalue weighted by Gasteiger charge is 2.26. The van der Waals surface area contributed by atoms with Gasteiger partial charge in [-0.2, -0.15) is 0 Å². The van der Waals surface area contributed by atoms with Gasteiger partial charge in [-0.05, 0) is 32.4 Å². The number of piperazine rings is 1. The Morgan fingerprint density at radius 2 is 1.71 bits per heavy atom. The number of piperidine rings is 1. The van der Waals surface area contributed by atoms with E-state index in [1.165, 1.54) is 58.7 Å². The van der Waals surface area contributed by atoms with Crippen LogP contribution in [0.4, 0.5) is 0 Å². The average molecular weight is 349 g/mol. The van der Waals surface area contributed by atoms with Crippen molar-refractivity contribution in [1.82, 2.24) is 12.9 Å². The minimum atomic E-state index is 0.847. The van der Waals surface area contributed by atoms with Gasteiger partial charge in [0.15, 0.2) is 0 Å². The van der Waals surface area contributed by atoms with Crippen LogP contribution in [0.25, 0.3) is 0 Å². The van der Waals surface area contributed by atoms with Crippen LogP contribution in [-0.2, 0) is 0 Å². The molecule has 0 aromatic carbocycles. The Balaban J connectivity index is 1.69. The van der Waals surface area contributed by atoms with Gasteiger partial charge in [0, 0.05) is 61.6 Å². The molecular formula is C13H24IN3. The van der Waals surface area contributed by atoms with E-state index >= 15 is 0 Å². The first kappa shape index (κ1) is 13.8. The number of likely N-dealkylation sites (tertiary alicyclic amines) is 1. The van der Waals surface area contributed by atoms with Crippen LogP contribution < -0.4 is 0 Å². The van der Waals surface area contributed by atoms with E-state index in [0.29, 0.717) is 0 Å². The largest absolute Gasteiger partial charge is 0.303 e. The summed E-state index contributed by atoms with van der Waals surface area (Å²) in [4.78, 5) is 5.30. The predicted octanol–water partition coefficient (Wildman–Crippen LogP) is 1.99. The topological polar surface area (TPSA) is 9.72 Å². The molecule has 0 atom stereocenters. The molecule has 2 saturated heterocycles. The van der Waals surface area contributed by atoms with Gasteiger partial charge >= 0.3 is 0 Å². The van der Waals surface area contributed by atoms with E-state index in [4.69, 9.17) is 0 Å². The van der Waals surface area contributed by atoms with Crippen LogP contribution in [0.2, 0.25) is 0 Å². The second-order valence-corrected chi connectivity index (χ2v) is 6.46. The zero-order valence-electron chi connectivity index (χ0n) is 10.7. The average Bonchev–Trinajstić information content (AvgIpc) is 2.38. The first-order valence-corrected chi connectivity index (χ1v) is 7.74. The molecule has 0 radical (unpaired) electrons. The summed E-state index contributed by atoms with van der Waals surface area (Å²) in [6.07, 6.45) is 5.89. The smallest absolute Gasteiger partial charge is 0.0209 e. The van der Waals surface area contributed by atoms with E-state index < -0.39 is 0 Å². The van der Waals surface area contributed by atoms with E-state index in [0.717, 1.165) is 12.5 Å². The van der Waals surface area contributed by atoms with Gasteiger partial charge in [-0.15, -0.1) is 6.58 Å². The van der Waals surface area contributed by atoms with Crippen LogP contribution in [0.1, 0.15) is 19.3 Å². The number of hydrogen-bond donors (Lipinski definition) is 0. The summed E-state index contributed by atoms with van der Waals surface area (Å²) in [5, 5.41) is 0. The van der Waals surface area contributed by atoms with Gasteiger partial charge in [0.1, 0.15) is 0 Å². The second kappa shape index (κ2) is 7.07. The normalized spacial score (nSPS) is 26.2. The Bertz CT molecular complexity index is 231. The van der Waals surface area contributed by atoms with Crippen LogP contribution in [0.5, 0.6) is 0 Å². The summed E-state index contributed by atoms with van der Waals surface area (Å²) in [6, 6.07) is 0.847. The summed E-state index contributed by atoms with van der Waals surface area (Å²) >= 11 is 2.45. The maximum atomic E-state index is 3.80. The SMILES string of the molecule is C=CCCN1CCC(N2CCN(I)CC2)CC1. The highest BCUT2D eigenvalue weighted by Crippen LogP contribution is 2.19. The molecule has 4 heteroatoms. The van der Waals surface area contributed by atoms with Crippen molar-refractivity contribution in [2.24, 2.45) is 0 Å². The van der Waals surface area contributed by atoms with E-state index in [1.54, 1.807) is 0 Å². The third kappa shape index (κ3) is 4.19. The van der Waals surface area contributed by atoms with Crippen LogP contribution >= 0.6 is 22.9 Å². The predicted molar refractivity (Wildman–Crippen MR) is 81.4 cm³/mol. The van der Waals surface area contributed by atoms with Crippen LogP contribution in [-0.4, -0.2) is 64.8 Å². The minimum Gasteiger partial charge on any atom is -0.303 e. The van der Waals surface area contributed by atoms with Crippen molar-refractivity contribution in [3.05, 3.63) is 12.7 Å². The molecule has 0 bridgehead atoms. The molecule has 2 heterocycles. The van der Waals surface area contributed by atoms with Crippen molar-refractivity contribution in [2.45, 2.75) is 25.3 Å². The van der Waals surface area contributed by atoms with Crippen molar-refractivity contribution >= 4 is 22.9 Å². The highest BCUT2D eigenvalue weighted by atomic mass is 127. The fourth-order valence-corrected chi connectivity index (χ4v) is 3.28. The number of rotatable bonds is 4. The summed E-state index contributed by atoms with van der Waals surface area (Å²) in [5.74, 6) is 0. The third-order valence-corrected chi connectivity index (χ3v) is 4.95. The minimum absolute atomic E-state index is 0.847. The van der Waals surface area contributed by atoms with Gasteiger partial charge in [-0.25, -0.2) is 3.11 Å². The Kier molecular flexibility index (Phi) is 5.72. The van der Waals surface area contributed by atoms with Crippen molar-refractivity contribution < 1.29 is 0 Å². The molecule has 17 heavy (non-hydrogen) atoms. The van der Waals surface area contributed by atoms with Gasteiger partial charge in [-0.3, -0.25) is 4.90 Å². The van der Waals surface area contributed by atoms with E-state index in [2.05, 4.69) is 42.4 Å². The maximum absolute atomic E-state index is 3.80. The lowest BCUT2D eigenvalue weighted by atomic mass is 10.0. The van der Waals surface area contributed by atoms with Crippen LogP contribution in [0.15, 0.2) is 12.7 Å². The van der Waals surface area contributed by atoms with Gasteiger partial charge in [0.05, 0.1) is 0 Å². The van der Waals surface area contributed by atoms with Crippen molar-refractivity contribution in [1.29, 1.82) is 0 Å². The number of hydrogen-bond acceptors (Lipinski definition) is 3. The Morgan fingerprint density at radius 1 is 1.06 bits per heavy atom. The summed E-state index contributed by atoms with van der Waals surface area (Å²) in [5.41, 5.74) is 0. The van der Waals surface area contributed by atoms with Gasteiger partial charge < -0.3 is 4.90 Å². The molecule has 2 aliphatic heterocycles. The molecule has 0 amide bonds. The molecule has 2 rings (SSSR count). The molecule has 0 unspecified atom stereocenters. The quantitative estimate of drug-likeness (QED) is 0.437. The fourth-order valence-electron chi connectivity index (χ4n) is 2.84. The Morgan fingerprint density at radius 3 is 2.29 bits per heavy atom. The van der Waals surface area contributed by atoms with E-state index in [1.807, 2.05) is 6.08 Å². The molecule has 0 saturated carbocycles. The molecule has 0 aliphatic carbocycles. The van der Waals surface area contributed by atoms with Crippen molar-refractivity contribution in [2.75, 3.05) is 45.8 Å². The zero-order chi connectivity index (χ0) is 12.1. The Labute approximate surface area is 119 Å². The third-order valence-electron chi connectivity index (χ3n) is 3.98. The lowest BCUT2D eigenvalue weighted by Gasteiger charge is -2.41. The standard InChI is InChI=1S/C13H24IN3/c1-2-3-6-15-7-4-13(5-8-15)16-9-11-17(14)12-10-16/h2,13H,1,3-12H2. The highest BCUT2D eigenvalue weighted by molar-refractivity contribution is 14.1. The van der Waals surface area contributed by atoms with Crippen molar-refractivity contribution in [3.8, 4) is 0 Å². The van der Waals surface area contributed by atoms with E-state index in [-0.39, 0.29) is 0 Å². The number of halogens is 1. The molecule has 0 aromatic rings. The van der Waals surface area contributed by atoms with Crippen LogP contribution in [0, 0.1) is 0 Å². The first-order chi connectivity index (χ1) is 8.29. The molecule has 0 spiro atoms. The Hall–Kier alpha value is 0.350. The molecule has 2 fully saturated rings. The summed E-state index contributed by atoms with van der Waals surface area (Å²) in [6.45, 7) is 12.6. The summed E-state index contributed by atoms with van der Waals surface area (Å²) in [7, 11) is 0. The van der Waals surface area contributed by atoms with Gasteiger partial charge in [0.2, 0.25) is 0 Å². The molecular weight excluding hydrogens is 325 g/mol. The maximum Gasteiger partial charge on any atom is 0.0209 e. The molecule has 0 N–H and O–H groups in total. The van der Waals surface area contributed by atoms with E-state index in [9.17, 15) is 0 Å². The molecule has 3 nitrogen and oxygen atoms in total. The molecule has 98 valence electrons. The van der Waals surface area contributed by atoms with Gasteiger partial charge in [-0.1, -0.05) is 6.08 Å². The fraction of sp³-hybridized carbons (Fsp3) is 0.846.